The molecule has 1 unspecified atom stereocenters. The standard InChI is InChI=1S/C11H11ClF3NOS/c1-7(12)10(17)16-8-4-2-3-5-9(8)18-6-11(13,14)15/h2-5,7H,6H2,1H3,(H,16,17). The molecule has 0 aliphatic heterocycles. The molecule has 18 heavy (non-hydrogen) atoms. The van der Waals surface area contributed by atoms with Crippen LogP contribution in [-0.2, 0) is 4.79 Å². The van der Waals surface area contributed by atoms with Gasteiger partial charge in [0.15, 0.2) is 0 Å². The monoisotopic (exact) mass is 297 g/mol. The molecule has 1 rings (SSSR count). The number of hydrogen-bond donors (Lipinski definition) is 1. The van der Waals surface area contributed by atoms with E-state index in [0.717, 1.165) is 0 Å². The fraction of sp³-hybridized carbons (Fsp3) is 0.364. The second-order valence-corrected chi connectivity index (χ2v) is 5.18. The zero-order valence-corrected chi connectivity index (χ0v) is 11.0. The van der Waals surface area contributed by atoms with Gasteiger partial charge in [0.2, 0.25) is 5.91 Å². The van der Waals surface area contributed by atoms with Crippen LogP contribution in [0.1, 0.15) is 6.92 Å². The number of carbonyl (C=O) groups is 1. The molecule has 100 valence electrons. The van der Waals surface area contributed by atoms with Crippen LogP contribution in [0.25, 0.3) is 0 Å². The maximum absolute atomic E-state index is 12.1. The van der Waals surface area contributed by atoms with Crippen molar-refractivity contribution in [2.24, 2.45) is 0 Å². The molecule has 0 radical (unpaired) electrons. The van der Waals surface area contributed by atoms with Gasteiger partial charge in [-0.2, -0.15) is 13.2 Å². The van der Waals surface area contributed by atoms with E-state index in [1.54, 1.807) is 12.1 Å². The summed E-state index contributed by atoms with van der Waals surface area (Å²) >= 11 is 6.21. The number of amides is 1. The van der Waals surface area contributed by atoms with Gasteiger partial charge in [-0.25, -0.2) is 0 Å². The summed E-state index contributed by atoms with van der Waals surface area (Å²) in [6.07, 6.45) is -4.25. The fourth-order valence-corrected chi connectivity index (χ4v) is 1.91. The molecule has 1 amide bonds. The Bertz CT molecular complexity index is 423. The molecule has 0 heterocycles. The predicted molar refractivity (Wildman–Crippen MR) is 67.2 cm³/mol. The van der Waals surface area contributed by atoms with Gasteiger partial charge in [-0.15, -0.1) is 23.4 Å². The van der Waals surface area contributed by atoms with Crippen LogP contribution in [0, 0.1) is 0 Å². The highest BCUT2D eigenvalue weighted by molar-refractivity contribution is 7.99. The molecule has 0 aromatic heterocycles. The predicted octanol–water partition coefficient (Wildman–Crippen LogP) is 3.91. The number of para-hydroxylation sites is 1. The Balaban J connectivity index is 2.77. The van der Waals surface area contributed by atoms with Gasteiger partial charge in [-0.05, 0) is 19.1 Å². The first-order valence-corrected chi connectivity index (χ1v) is 6.45. The zero-order chi connectivity index (χ0) is 13.8. The van der Waals surface area contributed by atoms with Gasteiger partial charge < -0.3 is 5.32 Å². The lowest BCUT2D eigenvalue weighted by Crippen LogP contribution is -2.20. The van der Waals surface area contributed by atoms with Crippen LogP contribution in [0.3, 0.4) is 0 Å². The lowest BCUT2D eigenvalue weighted by atomic mass is 10.3. The molecule has 0 saturated carbocycles. The van der Waals surface area contributed by atoms with Crippen LogP contribution in [0.15, 0.2) is 29.2 Å². The van der Waals surface area contributed by atoms with Crippen molar-refractivity contribution < 1.29 is 18.0 Å². The number of halogens is 4. The summed E-state index contributed by atoms with van der Waals surface area (Å²) in [6, 6.07) is 6.30. The summed E-state index contributed by atoms with van der Waals surface area (Å²) < 4.78 is 36.4. The van der Waals surface area contributed by atoms with E-state index < -0.39 is 23.2 Å². The number of carbonyl (C=O) groups excluding carboxylic acids is 1. The largest absolute Gasteiger partial charge is 0.398 e. The summed E-state index contributed by atoms with van der Waals surface area (Å²) in [5.74, 6) is -1.45. The molecule has 0 fully saturated rings. The van der Waals surface area contributed by atoms with E-state index in [-0.39, 0.29) is 0 Å². The Morgan fingerprint density at radius 3 is 2.61 bits per heavy atom. The molecule has 0 aliphatic rings. The lowest BCUT2D eigenvalue weighted by Gasteiger charge is -2.12. The van der Waals surface area contributed by atoms with Gasteiger partial charge >= 0.3 is 6.18 Å². The fourth-order valence-electron chi connectivity index (χ4n) is 1.09. The minimum Gasteiger partial charge on any atom is -0.324 e. The molecule has 0 spiro atoms. The summed E-state index contributed by atoms with van der Waals surface area (Å²) in [7, 11) is 0. The van der Waals surface area contributed by atoms with Crippen LogP contribution in [0.4, 0.5) is 18.9 Å². The van der Waals surface area contributed by atoms with Crippen LogP contribution in [0.5, 0.6) is 0 Å². The number of alkyl halides is 4. The van der Waals surface area contributed by atoms with Crippen molar-refractivity contribution in [3.8, 4) is 0 Å². The second-order valence-electron chi connectivity index (χ2n) is 3.51. The van der Waals surface area contributed by atoms with E-state index in [9.17, 15) is 18.0 Å². The first-order chi connectivity index (χ1) is 8.29. The van der Waals surface area contributed by atoms with E-state index in [1.807, 2.05) is 0 Å². The molecule has 1 atom stereocenters. The molecule has 1 aromatic carbocycles. The summed E-state index contributed by atoms with van der Waals surface area (Å²) in [6.45, 7) is 1.49. The van der Waals surface area contributed by atoms with Gasteiger partial charge in [-0.3, -0.25) is 4.79 Å². The average molecular weight is 298 g/mol. The summed E-state index contributed by atoms with van der Waals surface area (Å²) in [5, 5.41) is 1.74. The topological polar surface area (TPSA) is 29.1 Å². The molecule has 0 bridgehead atoms. The van der Waals surface area contributed by atoms with Gasteiger partial charge in [-0.1, -0.05) is 12.1 Å². The van der Waals surface area contributed by atoms with Crippen LogP contribution in [0.2, 0.25) is 0 Å². The Kier molecular flexibility index (Phi) is 5.34. The molecule has 7 heteroatoms. The first kappa shape index (κ1) is 15.2. The average Bonchev–Trinajstić information content (AvgIpc) is 2.26. The van der Waals surface area contributed by atoms with Gasteiger partial charge in [0.05, 0.1) is 11.4 Å². The Hall–Kier alpha value is -0.880. The Labute approximate surface area is 112 Å². The highest BCUT2D eigenvalue weighted by atomic mass is 35.5. The third-order valence-electron chi connectivity index (χ3n) is 1.90. The van der Waals surface area contributed by atoms with Gasteiger partial charge in [0.1, 0.15) is 5.38 Å². The minimum absolute atomic E-state index is 0.337. The third kappa shape index (κ3) is 5.18. The van der Waals surface area contributed by atoms with Crippen molar-refractivity contribution >= 4 is 35.0 Å². The third-order valence-corrected chi connectivity index (χ3v) is 3.23. The van der Waals surface area contributed by atoms with Gasteiger partial charge in [0, 0.05) is 4.90 Å². The molecule has 1 aromatic rings. The van der Waals surface area contributed by atoms with Crippen molar-refractivity contribution in [3.05, 3.63) is 24.3 Å². The highest BCUT2D eigenvalue weighted by Gasteiger charge is 2.27. The number of nitrogens with one attached hydrogen (secondary N) is 1. The van der Waals surface area contributed by atoms with Crippen molar-refractivity contribution in [2.45, 2.75) is 23.4 Å². The van der Waals surface area contributed by atoms with Crippen LogP contribution in [-0.4, -0.2) is 23.2 Å². The first-order valence-electron chi connectivity index (χ1n) is 5.03. The minimum atomic E-state index is -4.25. The van der Waals surface area contributed by atoms with Crippen molar-refractivity contribution in [1.82, 2.24) is 0 Å². The molecular formula is C11H11ClF3NOS. The number of anilines is 1. The molecular weight excluding hydrogens is 287 g/mol. The van der Waals surface area contributed by atoms with Crippen LogP contribution >= 0.6 is 23.4 Å². The Morgan fingerprint density at radius 2 is 2.06 bits per heavy atom. The maximum Gasteiger partial charge on any atom is 0.398 e. The van der Waals surface area contributed by atoms with Crippen molar-refractivity contribution in [3.63, 3.8) is 0 Å². The smallest absolute Gasteiger partial charge is 0.324 e. The van der Waals surface area contributed by atoms with E-state index in [4.69, 9.17) is 11.6 Å². The van der Waals surface area contributed by atoms with E-state index in [2.05, 4.69) is 5.32 Å². The lowest BCUT2D eigenvalue weighted by molar-refractivity contribution is -0.115. The highest BCUT2D eigenvalue weighted by Crippen LogP contribution is 2.32. The van der Waals surface area contributed by atoms with E-state index in [0.29, 0.717) is 22.3 Å². The zero-order valence-electron chi connectivity index (χ0n) is 9.42. The molecule has 1 N–H and O–H groups in total. The molecule has 0 aliphatic carbocycles. The van der Waals surface area contributed by atoms with Crippen molar-refractivity contribution in [2.75, 3.05) is 11.1 Å². The summed E-state index contributed by atoms with van der Waals surface area (Å²) in [4.78, 5) is 11.8. The SMILES string of the molecule is CC(Cl)C(=O)Nc1ccccc1SCC(F)(F)F. The summed E-state index contributed by atoms with van der Waals surface area (Å²) in [5.41, 5.74) is 0.337. The molecule has 0 saturated heterocycles. The van der Waals surface area contributed by atoms with Crippen molar-refractivity contribution in [1.29, 1.82) is 0 Å². The van der Waals surface area contributed by atoms with E-state index >= 15 is 0 Å². The maximum atomic E-state index is 12.1. The number of thioether (sulfide) groups is 1. The quantitative estimate of drug-likeness (QED) is 0.674. The second kappa shape index (κ2) is 6.33. The normalized spacial score (nSPS) is 13.2. The van der Waals surface area contributed by atoms with Crippen LogP contribution < -0.4 is 5.32 Å². The number of hydrogen-bond acceptors (Lipinski definition) is 2. The number of benzene rings is 1. The van der Waals surface area contributed by atoms with Gasteiger partial charge in [0.25, 0.3) is 0 Å². The Morgan fingerprint density at radius 1 is 1.44 bits per heavy atom. The molecule has 2 nitrogen and oxygen atoms in total. The van der Waals surface area contributed by atoms with E-state index in [1.165, 1.54) is 19.1 Å². The number of rotatable bonds is 4.